The summed E-state index contributed by atoms with van der Waals surface area (Å²) < 4.78 is 17.3. The highest BCUT2D eigenvalue weighted by molar-refractivity contribution is 5.75. The molecule has 1 aliphatic carbocycles. The van der Waals surface area contributed by atoms with Gasteiger partial charge in [0.05, 0.1) is 12.0 Å². The van der Waals surface area contributed by atoms with Crippen molar-refractivity contribution in [3.05, 3.63) is 149 Å². The number of rotatable bonds is 20. The van der Waals surface area contributed by atoms with Gasteiger partial charge in [-0.1, -0.05) is 100 Å². The van der Waals surface area contributed by atoms with E-state index in [9.17, 15) is 4.79 Å². The summed E-state index contributed by atoms with van der Waals surface area (Å²) in [4.78, 5) is 26.3. The molecule has 0 atom stereocenters. The Balaban J connectivity index is 0.000000242. The quantitative estimate of drug-likeness (QED) is 0.0296. The van der Waals surface area contributed by atoms with Gasteiger partial charge >= 0.3 is 5.97 Å². The summed E-state index contributed by atoms with van der Waals surface area (Å²) in [5.74, 6) is 2.70. The maximum atomic E-state index is 12.6. The van der Waals surface area contributed by atoms with Gasteiger partial charge in [-0.25, -0.2) is 0 Å². The third kappa shape index (κ3) is 16.1. The van der Waals surface area contributed by atoms with E-state index in [0.717, 1.165) is 78.0 Å². The molecule has 1 aliphatic rings. The number of unbranched alkanes of at least 4 members (excludes halogenated alkanes) is 4. The fraction of sp³-hybridized carbons (Fsp3) is 0.370. The van der Waals surface area contributed by atoms with E-state index in [1.54, 1.807) is 0 Å². The van der Waals surface area contributed by atoms with E-state index in [-0.39, 0.29) is 26.2 Å². The van der Waals surface area contributed by atoms with Crippen LogP contribution in [0.15, 0.2) is 121 Å². The molecule has 1 heterocycles. The number of ether oxygens (including phenoxy) is 3. The van der Waals surface area contributed by atoms with Crippen molar-refractivity contribution in [1.29, 1.82) is 0 Å². The lowest BCUT2D eigenvalue weighted by molar-refractivity contribution is -0.141. The number of hydrogen-bond donors (Lipinski definition) is 3. The van der Waals surface area contributed by atoms with Crippen LogP contribution in [-0.2, 0) is 22.4 Å². The molecule has 7 rings (SSSR count). The monoisotopic (exact) mass is 865 g/mol. The summed E-state index contributed by atoms with van der Waals surface area (Å²) in [7, 11) is 0. The molecular formula is C54H68N6O4. The Hall–Kier alpha value is -6.26. The van der Waals surface area contributed by atoms with Crippen molar-refractivity contribution >= 4 is 40.9 Å². The Kier molecular flexibility index (Phi) is 18.5. The minimum absolute atomic E-state index is 0. The number of carbonyl (C=O) groups is 1. The van der Waals surface area contributed by atoms with E-state index in [1.165, 1.54) is 49.7 Å². The number of esters is 1. The standard InChI is InChI=1S/C30H42O4.C24H24N6.H2/c1-3-5-7-9-24-11-17-27(18-12-24)32-23-33-28-21-15-26(16-22-28)30(31)34-29-19-13-25(14-20-29)10-8-6-4-2;1-16-7-4-10-19(13-16)25-22-28-23(26-20-11-5-8-17(2)14-20)30-24(29-22)27-21-12-6-9-18(3)15-21;/h11-14,17-20,26,28H,3-10,15-16,21-23H2,1-2H3;4-15H,1-3H3,(H3,25,26,27,28,29,30);1H. The van der Waals surface area contributed by atoms with Gasteiger partial charge in [-0.05, 0) is 161 Å². The highest BCUT2D eigenvalue weighted by atomic mass is 16.7. The van der Waals surface area contributed by atoms with Crippen molar-refractivity contribution in [2.45, 2.75) is 118 Å². The molecule has 6 aromatic rings. The molecule has 0 bridgehead atoms. The third-order valence-corrected chi connectivity index (χ3v) is 11.2. The number of carbonyl (C=O) groups excluding carboxylic acids is 1. The van der Waals surface area contributed by atoms with Crippen LogP contribution < -0.4 is 25.4 Å². The molecule has 0 spiro atoms. The average Bonchev–Trinajstić information content (AvgIpc) is 3.28. The zero-order valence-electron chi connectivity index (χ0n) is 38.4. The number of aryl methyl sites for hydroxylation is 5. The minimum Gasteiger partial charge on any atom is -0.468 e. The maximum Gasteiger partial charge on any atom is 0.314 e. The molecule has 338 valence electrons. The van der Waals surface area contributed by atoms with Crippen LogP contribution in [0, 0.1) is 26.7 Å². The SMILES string of the molecule is CCCCCc1ccc(OCOC2CCC(C(=O)Oc3ccc(CCCCC)cc3)CC2)cc1.Cc1cccc(Nc2nc(Nc3cccc(C)c3)nc(Nc3cccc(C)c3)n2)c1.[HH]. The van der Waals surface area contributed by atoms with Gasteiger partial charge in [-0.2, -0.15) is 15.0 Å². The van der Waals surface area contributed by atoms with Crippen LogP contribution in [0.5, 0.6) is 11.5 Å². The number of benzene rings is 5. The lowest BCUT2D eigenvalue weighted by atomic mass is 9.87. The first-order valence-corrected chi connectivity index (χ1v) is 23.1. The van der Waals surface area contributed by atoms with E-state index in [0.29, 0.717) is 23.6 Å². The van der Waals surface area contributed by atoms with Crippen LogP contribution in [0.1, 0.15) is 107 Å². The summed E-state index contributed by atoms with van der Waals surface area (Å²) in [6, 6.07) is 40.5. The lowest BCUT2D eigenvalue weighted by Gasteiger charge is -2.27. The van der Waals surface area contributed by atoms with Gasteiger partial charge in [0.2, 0.25) is 17.8 Å². The van der Waals surface area contributed by atoms with E-state index in [2.05, 4.69) is 69.0 Å². The second kappa shape index (κ2) is 25.1. The number of aromatic nitrogens is 3. The second-order valence-electron chi connectivity index (χ2n) is 16.8. The summed E-state index contributed by atoms with van der Waals surface area (Å²) >= 11 is 0. The maximum absolute atomic E-state index is 12.6. The van der Waals surface area contributed by atoms with E-state index in [4.69, 9.17) is 14.2 Å². The first kappa shape index (κ1) is 47.2. The Bertz CT molecular complexity index is 2180. The summed E-state index contributed by atoms with van der Waals surface area (Å²) in [5, 5.41) is 9.83. The van der Waals surface area contributed by atoms with Crippen molar-refractivity contribution in [1.82, 2.24) is 15.0 Å². The molecular weight excluding hydrogens is 797 g/mol. The number of hydrogen-bond acceptors (Lipinski definition) is 10. The predicted molar refractivity (Wildman–Crippen MR) is 263 cm³/mol. The van der Waals surface area contributed by atoms with Crippen LogP contribution >= 0.6 is 0 Å². The first-order valence-electron chi connectivity index (χ1n) is 23.1. The normalized spacial score (nSPS) is 14.5. The number of nitrogens with zero attached hydrogens (tertiary/aromatic N) is 3. The van der Waals surface area contributed by atoms with Crippen LogP contribution in [0.3, 0.4) is 0 Å². The van der Waals surface area contributed by atoms with Gasteiger partial charge in [0, 0.05) is 18.5 Å². The molecule has 10 heteroatoms. The van der Waals surface area contributed by atoms with E-state index in [1.807, 2.05) is 118 Å². The smallest absolute Gasteiger partial charge is 0.314 e. The Morgan fingerprint density at radius 1 is 0.562 bits per heavy atom. The largest absolute Gasteiger partial charge is 0.468 e. The Labute approximate surface area is 382 Å². The molecule has 0 unspecified atom stereocenters. The van der Waals surface area contributed by atoms with Crippen molar-refractivity contribution < 1.29 is 20.4 Å². The molecule has 0 saturated heterocycles. The highest BCUT2D eigenvalue weighted by Crippen LogP contribution is 2.29. The summed E-state index contributed by atoms with van der Waals surface area (Å²) in [6.45, 7) is 10.8. The van der Waals surface area contributed by atoms with Gasteiger partial charge in [0.1, 0.15) is 11.5 Å². The molecule has 3 N–H and O–H groups in total. The third-order valence-electron chi connectivity index (χ3n) is 11.2. The average molecular weight is 865 g/mol. The van der Waals surface area contributed by atoms with Crippen LogP contribution in [0.25, 0.3) is 0 Å². The molecule has 10 nitrogen and oxygen atoms in total. The van der Waals surface area contributed by atoms with Gasteiger partial charge in [0.25, 0.3) is 0 Å². The van der Waals surface area contributed by atoms with Crippen LogP contribution in [-0.4, -0.2) is 33.8 Å². The Morgan fingerprint density at radius 3 is 1.39 bits per heavy atom. The highest BCUT2D eigenvalue weighted by Gasteiger charge is 2.28. The van der Waals surface area contributed by atoms with Crippen molar-refractivity contribution in [3.8, 4) is 11.5 Å². The number of nitrogens with one attached hydrogen (secondary N) is 3. The van der Waals surface area contributed by atoms with Crippen molar-refractivity contribution in [2.75, 3.05) is 22.7 Å². The summed E-state index contributed by atoms with van der Waals surface area (Å²) in [5.41, 5.74) is 8.89. The Morgan fingerprint density at radius 2 is 0.984 bits per heavy atom. The number of anilines is 6. The molecule has 0 aliphatic heterocycles. The second-order valence-corrected chi connectivity index (χ2v) is 16.8. The fourth-order valence-corrected chi connectivity index (χ4v) is 7.60. The summed E-state index contributed by atoms with van der Waals surface area (Å²) in [6.07, 6.45) is 13.1. The van der Waals surface area contributed by atoms with E-state index < -0.39 is 0 Å². The van der Waals surface area contributed by atoms with Gasteiger partial charge in [-0.15, -0.1) is 0 Å². The predicted octanol–water partition coefficient (Wildman–Crippen LogP) is 13.9. The van der Waals surface area contributed by atoms with Gasteiger partial charge in [-0.3, -0.25) is 4.79 Å². The van der Waals surface area contributed by atoms with Gasteiger partial charge in [0.15, 0.2) is 6.79 Å². The molecule has 1 saturated carbocycles. The topological polar surface area (TPSA) is 120 Å². The van der Waals surface area contributed by atoms with Crippen LogP contribution in [0.4, 0.5) is 34.9 Å². The molecule has 5 aromatic carbocycles. The minimum atomic E-state index is -0.118. The molecule has 64 heavy (non-hydrogen) atoms. The van der Waals surface area contributed by atoms with Crippen molar-refractivity contribution in [2.24, 2.45) is 5.92 Å². The lowest BCUT2D eigenvalue weighted by Crippen LogP contribution is -2.29. The van der Waals surface area contributed by atoms with Crippen molar-refractivity contribution in [3.63, 3.8) is 0 Å². The zero-order chi connectivity index (χ0) is 44.9. The molecule has 0 radical (unpaired) electrons. The van der Waals surface area contributed by atoms with Gasteiger partial charge < -0.3 is 30.2 Å². The molecule has 1 fully saturated rings. The molecule has 0 amide bonds. The van der Waals surface area contributed by atoms with E-state index >= 15 is 0 Å². The zero-order valence-corrected chi connectivity index (χ0v) is 38.4. The molecule has 1 aromatic heterocycles. The fourth-order valence-electron chi connectivity index (χ4n) is 7.60. The first-order chi connectivity index (χ1) is 31.2. The van der Waals surface area contributed by atoms with Crippen LogP contribution in [0.2, 0.25) is 0 Å².